The first-order valence-corrected chi connectivity index (χ1v) is 7.08. The second-order valence-corrected chi connectivity index (χ2v) is 6.32. The van der Waals surface area contributed by atoms with E-state index in [-0.39, 0.29) is 23.8 Å². The molecule has 0 aromatic carbocycles. The summed E-state index contributed by atoms with van der Waals surface area (Å²) in [5.74, 6) is -0.467. The molecule has 1 saturated heterocycles. The lowest BCUT2D eigenvalue weighted by atomic mass is 10.1. The van der Waals surface area contributed by atoms with Gasteiger partial charge < -0.3 is 19.2 Å². The van der Waals surface area contributed by atoms with Crippen LogP contribution in [0.25, 0.3) is 0 Å². The number of aromatic nitrogens is 1. The van der Waals surface area contributed by atoms with Crippen molar-refractivity contribution in [3.8, 4) is 5.88 Å². The van der Waals surface area contributed by atoms with E-state index in [1.807, 2.05) is 20.8 Å². The summed E-state index contributed by atoms with van der Waals surface area (Å²) in [4.78, 5) is 25.3. The SMILES string of the molecule is Cc1oc(=O)n(C2CCN(C(=O)OC(C)(C)C)CC2)c1O. The van der Waals surface area contributed by atoms with Crippen LogP contribution < -0.4 is 5.76 Å². The molecule has 0 bridgehead atoms. The van der Waals surface area contributed by atoms with Crippen molar-refractivity contribution in [2.75, 3.05) is 13.1 Å². The summed E-state index contributed by atoms with van der Waals surface area (Å²) in [5, 5.41) is 9.86. The molecule has 1 aliphatic rings. The fourth-order valence-corrected chi connectivity index (χ4v) is 2.44. The molecule has 1 amide bonds. The van der Waals surface area contributed by atoms with Crippen LogP contribution in [0.1, 0.15) is 45.4 Å². The molecule has 0 atom stereocenters. The minimum Gasteiger partial charge on any atom is -0.492 e. The zero-order valence-corrected chi connectivity index (χ0v) is 12.9. The van der Waals surface area contributed by atoms with E-state index in [0.717, 1.165) is 0 Å². The van der Waals surface area contributed by atoms with Gasteiger partial charge in [0.2, 0.25) is 5.88 Å². The molecule has 118 valence electrons. The summed E-state index contributed by atoms with van der Waals surface area (Å²) >= 11 is 0. The Morgan fingerprint density at radius 1 is 1.33 bits per heavy atom. The minimum absolute atomic E-state index is 0.129. The van der Waals surface area contributed by atoms with Crippen LogP contribution in [0.5, 0.6) is 5.88 Å². The highest BCUT2D eigenvalue weighted by atomic mass is 16.6. The van der Waals surface area contributed by atoms with Crippen molar-refractivity contribution >= 4 is 6.09 Å². The Hall–Kier alpha value is -1.92. The number of nitrogens with zero attached hydrogens (tertiary/aromatic N) is 2. The number of aromatic hydroxyl groups is 1. The smallest absolute Gasteiger partial charge is 0.422 e. The Bertz CT molecular complexity index is 573. The predicted molar refractivity (Wildman–Crippen MR) is 75.4 cm³/mol. The highest BCUT2D eigenvalue weighted by Gasteiger charge is 2.30. The lowest BCUT2D eigenvalue weighted by Crippen LogP contribution is -2.42. The molecule has 1 fully saturated rings. The van der Waals surface area contributed by atoms with Crippen LogP contribution in [-0.4, -0.2) is 39.4 Å². The lowest BCUT2D eigenvalue weighted by molar-refractivity contribution is 0.0185. The van der Waals surface area contributed by atoms with Crippen LogP contribution in [0.15, 0.2) is 9.21 Å². The van der Waals surface area contributed by atoms with E-state index in [1.54, 1.807) is 11.8 Å². The maximum absolute atomic E-state index is 12.0. The number of likely N-dealkylation sites (tertiary alicyclic amines) is 1. The highest BCUT2D eigenvalue weighted by molar-refractivity contribution is 5.68. The predicted octanol–water partition coefficient (Wildman–Crippen LogP) is 2.03. The lowest BCUT2D eigenvalue weighted by Gasteiger charge is -2.33. The third-order valence-electron chi connectivity index (χ3n) is 3.46. The summed E-state index contributed by atoms with van der Waals surface area (Å²) in [6.45, 7) is 7.98. The molecule has 1 aromatic heterocycles. The molecule has 1 aliphatic heterocycles. The van der Waals surface area contributed by atoms with Gasteiger partial charge in [0.25, 0.3) is 0 Å². The van der Waals surface area contributed by atoms with Crippen LogP contribution in [0.3, 0.4) is 0 Å². The van der Waals surface area contributed by atoms with Crippen LogP contribution in [0.4, 0.5) is 4.79 Å². The number of ether oxygens (including phenoxy) is 1. The number of amides is 1. The molecule has 1 aromatic rings. The quantitative estimate of drug-likeness (QED) is 0.857. The van der Waals surface area contributed by atoms with Crippen molar-refractivity contribution in [1.29, 1.82) is 0 Å². The first-order chi connectivity index (χ1) is 9.69. The molecule has 0 unspecified atom stereocenters. The van der Waals surface area contributed by atoms with Crippen molar-refractivity contribution in [2.24, 2.45) is 0 Å². The number of aryl methyl sites for hydroxylation is 1. The number of piperidine rings is 1. The van der Waals surface area contributed by atoms with Crippen molar-refractivity contribution < 1.29 is 19.1 Å². The highest BCUT2D eigenvalue weighted by Crippen LogP contribution is 2.27. The minimum atomic E-state index is -0.555. The third-order valence-corrected chi connectivity index (χ3v) is 3.46. The van der Waals surface area contributed by atoms with E-state index in [4.69, 9.17) is 9.15 Å². The van der Waals surface area contributed by atoms with Gasteiger partial charge >= 0.3 is 11.8 Å². The molecule has 1 N–H and O–H groups in total. The number of oxazole rings is 1. The average Bonchev–Trinajstić information content (AvgIpc) is 2.61. The van der Waals surface area contributed by atoms with Gasteiger partial charge in [-0.2, -0.15) is 0 Å². The second kappa shape index (κ2) is 5.46. The van der Waals surface area contributed by atoms with E-state index in [2.05, 4.69) is 0 Å². The maximum atomic E-state index is 12.0. The van der Waals surface area contributed by atoms with Crippen LogP contribution in [0.2, 0.25) is 0 Å². The molecular formula is C14H22N2O5. The zero-order valence-electron chi connectivity index (χ0n) is 12.9. The Morgan fingerprint density at radius 2 is 1.90 bits per heavy atom. The van der Waals surface area contributed by atoms with E-state index in [0.29, 0.717) is 25.9 Å². The molecule has 0 radical (unpaired) electrons. The van der Waals surface area contributed by atoms with Crippen molar-refractivity contribution in [3.05, 3.63) is 16.3 Å². The van der Waals surface area contributed by atoms with Gasteiger partial charge in [0, 0.05) is 19.1 Å². The number of carbonyl (C=O) groups is 1. The monoisotopic (exact) mass is 298 g/mol. The number of carbonyl (C=O) groups excluding carboxylic acids is 1. The van der Waals surface area contributed by atoms with Crippen LogP contribution >= 0.6 is 0 Å². The summed E-state index contributed by atoms with van der Waals surface area (Å²) in [7, 11) is 0. The van der Waals surface area contributed by atoms with Gasteiger partial charge in [-0.05, 0) is 40.5 Å². The molecular weight excluding hydrogens is 276 g/mol. The third kappa shape index (κ3) is 3.40. The summed E-state index contributed by atoms with van der Waals surface area (Å²) in [5.41, 5.74) is -0.523. The van der Waals surface area contributed by atoms with Crippen molar-refractivity contribution in [3.63, 3.8) is 0 Å². The maximum Gasteiger partial charge on any atom is 0.422 e. The molecule has 7 heteroatoms. The standard InChI is InChI=1S/C14H22N2O5/c1-9-11(17)16(13(19)20-9)10-5-7-15(8-6-10)12(18)21-14(2,3)4/h10,17H,5-8H2,1-4H3. The molecule has 2 heterocycles. The summed E-state index contributed by atoms with van der Waals surface area (Å²) in [6.07, 6.45) is 0.804. The first kappa shape index (κ1) is 15.5. The van der Waals surface area contributed by atoms with E-state index in [1.165, 1.54) is 4.57 Å². The molecule has 0 spiro atoms. The fraction of sp³-hybridized carbons (Fsp3) is 0.714. The van der Waals surface area contributed by atoms with E-state index >= 15 is 0 Å². The van der Waals surface area contributed by atoms with Gasteiger partial charge in [-0.25, -0.2) is 14.2 Å². The topological polar surface area (TPSA) is 84.9 Å². The van der Waals surface area contributed by atoms with E-state index < -0.39 is 11.4 Å². The normalized spacial score (nSPS) is 17.0. The fourth-order valence-electron chi connectivity index (χ4n) is 2.44. The Labute approximate surface area is 123 Å². The number of hydrogen-bond acceptors (Lipinski definition) is 5. The number of hydrogen-bond donors (Lipinski definition) is 1. The Balaban J connectivity index is 2.01. The molecule has 0 aliphatic carbocycles. The first-order valence-electron chi connectivity index (χ1n) is 7.08. The number of rotatable bonds is 1. The second-order valence-electron chi connectivity index (χ2n) is 6.32. The van der Waals surface area contributed by atoms with Gasteiger partial charge in [-0.3, -0.25) is 0 Å². The van der Waals surface area contributed by atoms with Gasteiger partial charge in [0.05, 0.1) is 0 Å². The van der Waals surface area contributed by atoms with Gasteiger partial charge in [0.1, 0.15) is 5.60 Å². The van der Waals surface area contributed by atoms with Crippen LogP contribution in [0, 0.1) is 6.92 Å². The molecule has 0 saturated carbocycles. The summed E-state index contributed by atoms with van der Waals surface area (Å²) in [6, 6.07) is -0.159. The van der Waals surface area contributed by atoms with Gasteiger partial charge in [-0.15, -0.1) is 0 Å². The Morgan fingerprint density at radius 3 is 2.33 bits per heavy atom. The van der Waals surface area contributed by atoms with Gasteiger partial charge in [0.15, 0.2) is 5.76 Å². The molecule has 21 heavy (non-hydrogen) atoms. The van der Waals surface area contributed by atoms with Crippen LogP contribution in [-0.2, 0) is 4.74 Å². The molecule has 7 nitrogen and oxygen atoms in total. The largest absolute Gasteiger partial charge is 0.492 e. The van der Waals surface area contributed by atoms with Crippen molar-refractivity contribution in [2.45, 2.75) is 52.2 Å². The van der Waals surface area contributed by atoms with Gasteiger partial charge in [-0.1, -0.05) is 0 Å². The Kier molecular flexibility index (Phi) is 4.02. The zero-order chi connectivity index (χ0) is 15.8. The van der Waals surface area contributed by atoms with E-state index in [9.17, 15) is 14.7 Å². The van der Waals surface area contributed by atoms with Crippen molar-refractivity contribution in [1.82, 2.24) is 9.47 Å². The summed E-state index contributed by atoms with van der Waals surface area (Å²) < 4.78 is 11.5. The average molecular weight is 298 g/mol. The molecule has 2 rings (SSSR count).